The van der Waals surface area contributed by atoms with Crippen LogP contribution in [0.1, 0.15) is 25.3 Å². The van der Waals surface area contributed by atoms with Crippen molar-refractivity contribution in [3.8, 4) is 11.5 Å². The van der Waals surface area contributed by atoms with Gasteiger partial charge in [0.1, 0.15) is 0 Å². The lowest BCUT2D eigenvalue weighted by molar-refractivity contribution is 0.174. The Labute approximate surface area is 131 Å². The van der Waals surface area contributed by atoms with E-state index in [2.05, 4.69) is 23.2 Å². The highest BCUT2D eigenvalue weighted by atomic mass is 35.5. The van der Waals surface area contributed by atoms with Crippen LogP contribution >= 0.6 is 11.6 Å². The highest BCUT2D eigenvalue weighted by molar-refractivity contribution is 6.32. The Morgan fingerprint density at radius 1 is 1.38 bits per heavy atom. The maximum atomic E-state index is 6.26. The number of nitrogens with zero attached hydrogens (tertiary/aromatic N) is 1. The van der Waals surface area contributed by atoms with Crippen LogP contribution < -0.4 is 14.8 Å². The van der Waals surface area contributed by atoms with E-state index in [0.717, 1.165) is 37.8 Å². The molecule has 21 heavy (non-hydrogen) atoms. The van der Waals surface area contributed by atoms with Crippen LogP contribution in [0.2, 0.25) is 5.02 Å². The SMILES string of the molecule is CCN(Cc1cc(Cl)c2c(c1)OCO2)CC1CCCNC1. The molecular weight excluding hydrogens is 288 g/mol. The Morgan fingerprint density at radius 3 is 3.05 bits per heavy atom. The zero-order valence-corrected chi connectivity index (χ0v) is 13.3. The van der Waals surface area contributed by atoms with Gasteiger partial charge in [0.25, 0.3) is 0 Å². The van der Waals surface area contributed by atoms with Crippen molar-refractivity contribution < 1.29 is 9.47 Å². The summed E-state index contributed by atoms with van der Waals surface area (Å²) in [6.45, 7) is 7.87. The summed E-state index contributed by atoms with van der Waals surface area (Å²) >= 11 is 6.26. The van der Waals surface area contributed by atoms with Crippen molar-refractivity contribution >= 4 is 11.6 Å². The van der Waals surface area contributed by atoms with Crippen molar-refractivity contribution in [3.63, 3.8) is 0 Å². The summed E-state index contributed by atoms with van der Waals surface area (Å²) in [6.07, 6.45) is 2.61. The fourth-order valence-corrected chi connectivity index (χ4v) is 3.41. The molecule has 116 valence electrons. The van der Waals surface area contributed by atoms with Crippen molar-refractivity contribution in [1.29, 1.82) is 0 Å². The predicted octanol–water partition coefficient (Wildman–Crippen LogP) is 2.89. The summed E-state index contributed by atoms with van der Waals surface area (Å²) in [4.78, 5) is 2.48. The lowest BCUT2D eigenvalue weighted by atomic mass is 9.99. The van der Waals surface area contributed by atoms with E-state index in [4.69, 9.17) is 21.1 Å². The molecule has 2 heterocycles. The molecule has 0 radical (unpaired) electrons. The van der Waals surface area contributed by atoms with Crippen LogP contribution in [0.25, 0.3) is 0 Å². The summed E-state index contributed by atoms with van der Waals surface area (Å²) in [5, 5.41) is 4.14. The minimum absolute atomic E-state index is 0.268. The van der Waals surface area contributed by atoms with Crippen LogP contribution in [0, 0.1) is 5.92 Å². The van der Waals surface area contributed by atoms with Gasteiger partial charge >= 0.3 is 0 Å². The molecule has 1 fully saturated rings. The summed E-state index contributed by atoms with van der Waals surface area (Å²) in [7, 11) is 0. The Balaban J connectivity index is 1.64. The molecule has 1 N–H and O–H groups in total. The van der Waals surface area contributed by atoms with Crippen molar-refractivity contribution in [2.24, 2.45) is 5.92 Å². The van der Waals surface area contributed by atoms with Gasteiger partial charge in [-0.05, 0) is 56.1 Å². The molecule has 4 nitrogen and oxygen atoms in total. The number of hydrogen-bond acceptors (Lipinski definition) is 4. The second-order valence-corrected chi connectivity index (χ2v) is 6.26. The van der Waals surface area contributed by atoms with Crippen LogP contribution in [0.4, 0.5) is 0 Å². The van der Waals surface area contributed by atoms with Gasteiger partial charge in [0.05, 0.1) is 5.02 Å². The number of ether oxygens (including phenoxy) is 2. The smallest absolute Gasteiger partial charge is 0.231 e. The topological polar surface area (TPSA) is 33.7 Å². The van der Waals surface area contributed by atoms with Gasteiger partial charge in [0.2, 0.25) is 6.79 Å². The number of halogens is 1. The summed E-state index contributed by atoms with van der Waals surface area (Å²) < 4.78 is 10.8. The third-order valence-electron chi connectivity index (χ3n) is 4.26. The molecule has 0 bridgehead atoms. The normalized spacial score (nSPS) is 21.0. The highest BCUT2D eigenvalue weighted by Gasteiger charge is 2.20. The van der Waals surface area contributed by atoms with E-state index in [0.29, 0.717) is 10.8 Å². The van der Waals surface area contributed by atoms with Crippen molar-refractivity contribution in [2.45, 2.75) is 26.3 Å². The molecule has 2 aliphatic rings. The third-order valence-corrected chi connectivity index (χ3v) is 4.54. The van der Waals surface area contributed by atoms with Crippen molar-refractivity contribution in [3.05, 3.63) is 22.7 Å². The number of rotatable bonds is 5. The quantitative estimate of drug-likeness (QED) is 0.907. The lowest BCUT2D eigenvalue weighted by Crippen LogP contribution is -2.38. The van der Waals surface area contributed by atoms with Gasteiger partial charge in [-0.25, -0.2) is 0 Å². The molecular formula is C16H23ClN2O2. The Kier molecular flexibility index (Phi) is 4.88. The molecule has 1 atom stereocenters. The molecule has 0 aromatic heterocycles. The Bertz CT molecular complexity index is 489. The van der Waals surface area contributed by atoms with Crippen LogP contribution in [-0.4, -0.2) is 37.9 Å². The maximum absolute atomic E-state index is 6.26. The fraction of sp³-hybridized carbons (Fsp3) is 0.625. The summed E-state index contributed by atoms with van der Waals surface area (Å²) in [6, 6.07) is 4.05. The van der Waals surface area contributed by atoms with Crippen molar-refractivity contribution in [2.75, 3.05) is 33.0 Å². The van der Waals surface area contributed by atoms with E-state index in [1.807, 2.05) is 6.07 Å². The minimum Gasteiger partial charge on any atom is -0.454 e. The summed E-state index contributed by atoms with van der Waals surface area (Å²) in [5.41, 5.74) is 1.19. The number of fused-ring (bicyclic) bond motifs is 1. The predicted molar refractivity (Wildman–Crippen MR) is 84.1 cm³/mol. The van der Waals surface area contributed by atoms with Crippen LogP contribution in [0.15, 0.2) is 12.1 Å². The number of piperidine rings is 1. The van der Waals surface area contributed by atoms with E-state index in [-0.39, 0.29) is 6.79 Å². The molecule has 1 aromatic rings. The first-order chi connectivity index (χ1) is 10.3. The van der Waals surface area contributed by atoms with Gasteiger partial charge in [-0.3, -0.25) is 4.90 Å². The lowest BCUT2D eigenvalue weighted by Gasteiger charge is -2.29. The van der Waals surface area contributed by atoms with Gasteiger partial charge in [0, 0.05) is 13.1 Å². The van der Waals surface area contributed by atoms with E-state index in [1.54, 1.807) is 0 Å². The molecule has 1 unspecified atom stereocenters. The minimum atomic E-state index is 0.268. The van der Waals surface area contributed by atoms with Crippen LogP contribution in [-0.2, 0) is 6.54 Å². The molecule has 5 heteroatoms. The standard InChI is InChI=1S/C16H23ClN2O2/c1-2-19(9-12-4-3-5-18-8-12)10-13-6-14(17)16-15(7-13)20-11-21-16/h6-7,12,18H,2-5,8-11H2,1H3. The molecule has 1 aromatic carbocycles. The molecule has 0 amide bonds. The fourth-order valence-electron chi connectivity index (χ4n) is 3.12. The monoisotopic (exact) mass is 310 g/mol. The van der Waals surface area contributed by atoms with E-state index in [1.165, 1.54) is 24.9 Å². The van der Waals surface area contributed by atoms with Gasteiger partial charge in [-0.15, -0.1) is 0 Å². The first kappa shape index (κ1) is 14.9. The molecule has 0 aliphatic carbocycles. The number of benzene rings is 1. The van der Waals surface area contributed by atoms with Crippen LogP contribution in [0.5, 0.6) is 11.5 Å². The highest BCUT2D eigenvalue weighted by Crippen LogP contribution is 2.40. The van der Waals surface area contributed by atoms with Crippen molar-refractivity contribution in [1.82, 2.24) is 10.2 Å². The van der Waals surface area contributed by atoms with Gasteiger partial charge in [-0.2, -0.15) is 0 Å². The van der Waals surface area contributed by atoms with Gasteiger partial charge in [0.15, 0.2) is 11.5 Å². The third kappa shape index (κ3) is 3.62. The largest absolute Gasteiger partial charge is 0.454 e. The first-order valence-corrected chi connectivity index (χ1v) is 8.15. The second kappa shape index (κ2) is 6.86. The molecule has 2 aliphatic heterocycles. The first-order valence-electron chi connectivity index (χ1n) is 7.77. The van der Waals surface area contributed by atoms with E-state index < -0.39 is 0 Å². The number of nitrogens with one attached hydrogen (secondary N) is 1. The van der Waals surface area contributed by atoms with E-state index >= 15 is 0 Å². The van der Waals surface area contributed by atoms with Gasteiger partial charge in [-0.1, -0.05) is 18.5 Å². The maximum Gasteiger partial charge on any atom is 0.231 e. The number of hydrogen-bond donors (Lipinski definition) is 1. The molecule has 3 rings (SSSR count). The average Bonchev–Trinajstić information content (AvgIpc) is 2.96. The zero-order chi connectivity index (χ0) is 14.7. The Morgan fingerprint density at radius 2 is 2.29 bits per heavy atom. The average molecular weight is 311 g/mol. The van der Waals surface area contributed by atoms with Crippen LogP contribution in [0.3, 0.4) is 0 Å². The molecule has 0 spiro atoms. The zero-order valence-electron chi connectivity index (χ0n) is 12.5. The molecule has 0 saturated carbocycles. The van der Waals surface area contributed by atoms with E-state index in [9.17, 15) is 0 Å². The molecule has 1 saturated heterocycles. The summed E-state index contributed by atoms with van der Waals surface area (Å²) in [5.74, 6) is 2.20. The second-order valence-electron chi connectivity index (χ2n) is 5.85. The Hall–Kier alpha value is -0.970. The van der Waals surface area contributed by atoms with Gasteiger partial charge < -0.3 is 14.8 Å².